The van der Waals surface area contributed by atoms with E-state index >= 15 is 0 Å². The minimum absolute atomic E-state index is 0.0326. The second-order valence-electron chi connectivity index (χ2n) is 5.11. The Kier molecular flexibility index (Phi) is 3.85. The normalized spacial score (nSPS) is 13.9. The number of nitrogens with zero attached hydrogens (tertiary/aromatic N) is 4. The van der Waals surface area contributed by atoms with Crippen LogP contribution in [0.2, 0.25) is 0 Å². The lowest BCUT2D eigenvalue weighted by Gasteiger charge is -2.28. The van der Waals surface area contributed by atoms with Crippen LogP contribution in [-0.2, 0) is 13.1 Å². The molecule has 2 aromatic rings. The molecular weight excluding hydrogens is 266 g/mol. The molecule has 1 amide bonds. The molecule has 0 unspecified atom stereocenters. The SMILES string of the molecule is CCCNc1cnccc1C(=O)N1CCn2ccnc2C1. The van der Waals surface area contributed by atoms with Gasteiger partial charge in [-0.3, -0.25) is 9.78 Å². The van der Waals surface area contributed by atoms with Crippen LogP contribution in [0.1, 0.15) is 29.5 Å². The van der Waals surface area contributed by atoms with Crippen molar-refractivity contribution in [2.24, 2.45) is 0 Å². The smallest absolute Gasteiger partial charge is 0.256 e. The average molecular weight is 285 g/mol. The molecule has 0 spiro atoms. The van der Waals surface area contributed by atoms with Gasteiger partial charge in [0.15, 0.2) is 0 Å². The van der Waals surface area contributed by atoms with E-state index in [4.69, 9.17) is 0 Å². The van der Waals surface area contributed by atoms with E-state index in [9.17, 15) is 4.79 Å². The summed E-state index contributed by atoms with van der Waals surface area (Å²) >= 11 is 0. The first-order valence-electron chi connectivity index (χ1n) is 7.26. The third-order valence-corrected chi connectivity index (χ3v) is 3.65. The van der Waals surface area contributed by atoms with Gasteiger partial charge in [-0.15, -0.1) is 0 Å². The van der Waals surface area contributed by atoms with Gasteiger partial charge in [-0.1, -0.05) is 6.92 Å². The van der Waals surface area contributed by atoms with Gasteiger partial charge >= 0.3 is 0 Å². The Labute approximate surface area is 123 Å². The van der Waals surface area contributed by atoms with Crippen molar-refractivity contribution in [1.29, 1.82) is 0 Å². The lowest BCUT2D eigenvalue weighted by molar-refractivity contribution is 0.0708. The minimum Gasteiger partial charge on any atom is -0.383 e. The first-order chi connectivity index (χ1) is 10.3. The fraction of sp³-hybridized carbons (Fsp3) is 0.400. The van der Waals surface area contributed by atoms with Crippen molar-refractivity contribution >= 4 is 11.6 Å². The first kappa shape index (κ1) is 13.6. The van der Waals surface area contributed by atoms with Crippen LogP contribution in [0.15, 0.2) is 30.9 Å². The molecule has 0 saturated heterocycles. The molecule has 0 aromatic carbocycles. The van der Waals surface area contributed by atoms with Crippen molar-refractivity contribution in [2.45, 2.75) is 26.4 Å². The zero-order valence-electron chi connectivity index (χ0n) is 12.1. The van der Waals surface area contributed by atoms with E-state index in [0.29, 0.717) is 18.7 Å². The Morgan fingerprint density at radius 3 is 3.14 bits per heavy atom. The number of hydrogen-bond acceptors (Lipinski definition) is 4. The quantitative estimate of drug-likeness (QED) is 0.929. The molecular formula is C15H19N5O. The number of imidazole rings is 1. The van der Waals surface area contributed by atoms with E-state index in [1.165, 1.54) is 0 Å². The molecule has 1 aliphatic heterocycles. The molecule has 0 saturated carbocycles. The maximum atomic E-state index is 12.7. The fourth-order valence-corrected chi connectivity index (χ4v) is 2.50. The fourth-order valence-electron chi connectivity index (χ4n) is 2.50. The van der Waals surface area contributed by atoms with Crippen LogP contribution in [0.5, 0.6) is 0 Å². The summed E-state index contributed by atoms with van der Waals surface area (Å²) in [6.07, 6.45) is 8.12. The summed E-state index contributed by atoms with van der Waals surface area (Å²) < 4.78 is 2.09. The van der Waals surface area contributed by atoms with E-state index in [0.717, 1.165) is 31.0 Å². The van der Waals surface area contributed by atoms with Gasteiger partial charge in [0.2, 0.25) is 0 Å². The second-order valence-corrected chi connectivity index (χ2v) is 5.11. The molecule has 3 heterocycles. The first-order valence-corrected chi connectivity index (χ1v) is 7.26. The average Bonchev–Trinajstić information content (AvgIpc) is 3.00. The maximum absolute atomic E-state index is 12.7. The Morgan fingerprint density at radius 1 is 1.38 bits per heavy atom. The van der Waals surface area contributed by atoms with Gasteiger partial charge in [0, 0.05) is 38.2 Å². The topological polar surface area (TPSA) is 63.1 Å². The highest BCUT2D eigenvalue weighted by molar-refractivity contribution is 5.99. The third kappa shape index (κ3) is 2.74. The van der Waals surface area contributed by atoms with E-state index < -0.39 is 0 Å². The van der Waals surface area contributed by atoms with E-state index in [2.05, 4.69) is 26.8 Å². The molecule has 0 fully saturated rings. The molecule has 1 N–H and O–H groups in total. The number of aromatic nitrogens is 3. The molecule has 0 bridgehead atoms. The van der Waals surface area contributed by atoms with Crippen molar-refractivity contribution in [3.8, 4) is 0 Å². The lowest BCUT2D eigenvalue weighted by Crippen LogP contribution is -2.38. The number of hydrogen-bond donors (Lipinski definition) is 1. The molecule has 0 radical (unpaired) electrons. The van der Waals surface area contributed by atoms with Crippen molar-refractivity contribution in [1.82, 2.24) is 19.4 Å². The van der Waals surface area contributed by atoms with Crippen LogP contribution in [0.3, 0.4) is 0 Å². The molecule has 3 rings (SSSR count). The van der Waals surface area contributed by atoms with Gasteiger partial charge in [0.1, 0.15) is 5.82 Å². The van der Waals surface area contributed by atoms with Gasteiger partial charge in [-0.25, -0.2) is 4.98 Å². The Morgan fingerprint density at radius 2 is 2.29 bits per heavy atom. The number of carbonyl (C=O) groups excluding carboxylic acids is 1. The Hall–Kier alpha value is -2.37. The number of carbonyl (C=O) groups is 1. The van der Waals surface area contributed by atoms with Crippen molar-refractivity contribution in [2.75, 3.05) is 18.4 Å². The van der Waals surface area contributed by atoms with E-state index in [-0.39, 0.29) is 5.91 Å². The molecule has 2 aromatic heterocycles. The van der Waals surface area contributed by atoms with Gasteiger partial charge in [0.25, 0.3) is 5.91 Å². The summed E-state index contributed by atoms with van der Waals surface area (Å²) in [4.78, 5) is 23.0. The molecule has 0 atom stereocenters. The zero-order chi connectivity index (χ0) is 14.7. The minimum atomic E-state index is 0.0326. The molecule has 0 aliphatic carbocycles. The number of rotatable bonds is 4. The largest absolute Gasteiger partial charge is 0.383 e. The number of amides is 1. The van der Waals surface area contributed by atoms with Crippen molar-refractivity contribution < 1.29 is 4.79 Å². The Bertz CT molecular complexity index is 636. The maximum Gasteiger partial charge on any atom is 0.256 e. The second kappa shape index (κ2) is 5.95. The van der Waals surface area contributed by atoms with Gasteiger partial charge in [-0.2, -0.15) is 0 Å². The number of pyridine rings is 1. The number of nitrogens with one attached hydrogen (secondary N) is 1. The summed E-state index contributed by atoms with van der Waals surface area (Å²) in [5.41, 5.74) is 1.48. The molecule has 6 heteroatoms. The summed E-state index contributed by atoms with van der Waals surface area (Å²) in [5.74, 6) is 0.969. The zero-order valence-corrected chi connectivity index (χ0v) is 12.1. The summed E-state index contributed by atoms with van der Waals surface area (Å²) in [7, 11) is 0. The molecule has 110 valence electrons. The van der Waals surface area contributed by atoms with Gasteiger partial charge < -0.3 is 14.8 Å². The summed E-state index contributed by atoms with van der Waals surface area (Å²) in [5, 5.41) is 3.27. The monoisotopic (exact) mass is 285 g/mol. The Balaban J connectivity index is 1.80. The predicted molar refractivity (Wildman–Crippen MR) is 80.0 cm³/mol. The third-order valence-electron chi connectivity index (χ3n) is 3.65. The van der Waals surface area contributed by atoms with Crippen LogP contribution < -0.4 is 5.32 Å². The van der Waals surface area contributed by atoms with Crippen LogP contribution in [0.25, 0.3) is 0 Å². The lowest BCUT2D eigenvalue weighted by atomic mass is 10.2. The van der Waals surface area contributed by atoms with Crippen LogP contribution >= 0.6 is 0 Å². The molecule has 21 heavy (non-hydrogen) atoms. The molecule has 1 aliphatic rings. The van der Waals surface area contributed by atoms with E-state index in [1.54, 1.807) is 24.7 Å². The van der Waals surface area contributed by atoms with Gasteiger partial charge in [0.05, 0.1) is 24.0 Å². The number of anilines is 1. The van der Waals surface area contributed by atoms with Crippen LogP contribution in [-0.4, -0.2) is 38.4 Å². The van der Waals surface area contributed by atoms with E-state index in [1.807, 2.05) is 11.1 Å². The van der Waals surface area contributed by atoms with Crippen LogP contribution in [0, 0.1) is 0 Å². The predicted octanol–water partition coefficient (Wildman–Crippen LogP) is 1.76. The highest BCUT2D eigenvalue weighted by Crippen LogP contribution is 2.19. The van der Waals surface area contributed by atoms with Crippen LogP contribution in [0.4, 0.5) is 5.69 Å². The van der Waals surface area contributed by atoms with Crippen molar-refractivity contribution in [3.05, 3.63) is 42.2 Å². The standard InChI is InChI=1S/C15H19N5O/c1-2-4-17-13-10-16-5-3-12(13)15(21)20-9-8-19-7-6-18-14(19)11-20/h3,5-7,10,17H,2,4,8-9,11H2,1H3. The highest BCUT2D eigenvalue weighted by atomic mass is 16.2. The summed E-state index contributed by atoms with van der Waals surface area (Å²) in [6, 6.07) is 1.78. The summed E-state index contributed by atoms with van der Waals surface area (Å²) in [6.45, 7) is 4.98. The van der Waals surface area contributed by atoms with Crippen molar-refractivity contribution in [3.63, 3.8) is 0 Å². The molecule has 6 nitrogen and oxygen atoms in total. The number of fused-ring (bicyclic) bond motifs is 1. The highest BCUT2D eigenvalue weighted by Gasteiger charge is 2.23. The van der Waals surface area contributed by atoms with Gasteiger partial charge in [-0.05, 0) is 12.5 Å².